The van der Waals surface area contributed by atoms with Gasteiger partial charge in [0.05, 0.1) is 58.9 Å². The number of hydrogen-bond donors (Lipinski definition) is 2. The predicted octanol–water partition coefficient (Wildman–Crippen LogP) is 10.3. The molecule has 0 unspecified atom stereocenters. The molecule has 13 heteroatoms. The molecule has 3 aromatic heterocycles. The first-order chi connectivity index (χ1) is 27.6. The molecule has 0 saturated heterocycles. The number of esters is 1. The maximum atomic E-state index is 14.7. The SMILES string of the molecule is CC(C)Oc1cc2c(=O)c3c4ccc(C#N)cc4[nH]c3n(C(C)C)c2cc1F.COC(=O)c1c(N(c2ccc(OC(C)C)c(F)c2)C(C)C)[nH]c2cc(C#N)ccc12. The monoisotopic (exact) mass is 786 g/mol. The molecule has 11 nitrogen and oxygen atoms in total. The van der Waals surface area contributed by atoms with E-state index in [1.807, 2.05) is 64.9 Å². The number of pyridine rings is 1. The van der Waals surface area contributed by atoms with E-state index < -0.39 is 17.6 Å². The summed E-state index contributed by atoms with van der Waals surface area (Å²) in [7, 11) is 1.31. The zero-order chi connectivity index (χ0) is 42.2. The lowest BCUT2D eigenvalue weighted by molar-refractivity contribution is 0.0603. The van der Waals surface area contributed by atoms with Gasteiger partial charge in [0.1, 0.15) is 17.0 Å². The number of rotatable bonds is 9. The molecular weight excluding hydrogens is 743 g/mol. The van der Waals surface area contributed by atoms with Gasteiger partial charge in [-0.1, -0.05) is 12.1 Å². The smallest absolute Gasteiger partial charge is 0.342 e. The van der Waals surface area contributed by atoms with Crippen LogP contribution in [-0.4, -0.2) is 45.9 Å². The molecular formula is C45H44F2N6O5. The number of aromatic amines is 2. The van der Waals surface area contributed by atoms with Crippen molar-refractivity contribution in [2.75, 3.05) is 12.0 Å². The van der Waals surface area contributed by atoms with Crippen molar-refractivity contribution < 1.29 is 27.8 Å². The number of nitriles is 2. The fraction of sp³-hybridized carbons (Fsp3) is 0.289. The van der Waals surface area contributed by atoms with Crippen LogP contribution >= 0.6 is 0 Å². The summed E-state index contributed by atoms with van der Waals surface area (Å²) in [5, 5.41) is 20.7. The minimum Gasteiger partial charge on any atom is -0.488 e. The first kappa shape index (κ1) is 40.8. The third-order valence-corrected chi connectivity index (χ3v) is 9.42. The van der Waals surface area contributed by atoms with Gasteiger partial charge in [-0.15, -0.1) is 0 Å². The molecule has 0 saturated carbocycles. The number of nitrogens with zero attached hydrogens (tertiary/aromatic N) is 4. The van der Waals surface area contributed by atoms with Crippen LogP contribution in [0.15, 0.2) is 71.5 Å². The van der Waals surface area contributed by atoms with Crippen molar-refractivity contribution in [3.05, 3.63) is 105 Å². The van der Waals surface area contributed by atoms with Crippen molar-refractivity contribution in [2.45, 2.75) is 79.7 Å². The van der Waals surface area contributed by atoms with E-state index >= 15 is 0 Å². The highest BCUT2D eigenvalue weighted by Crippen LogP contribution is 2.38. The number of aromatic nitrogens is 3. The number of carbonyl (C=O) groups excluding carboxylic acids is 1. The standard InChI is InChI=1S/C23H24FN3O3.C22H20FN3O2/c1-13(2)27(16-7-9-20(18(24)11-16)30-14(3)4)22-21(23(28)29-5)17-8-6-15(12-25)10-19(17)26-22;1-11(2)26-18-9-16(23)19(28-12(3)4)8-15(18)21(27)20-14-6-5-13(10-24)7-17(14)25-22(20)26/h6-11,13-14,26H,1-5H3;5-9,11-12,25H,1-4H3. The summed E-state index contributed by atoms with van der Waals surface area (Å²) in [5.41, 5.74) is 4.11. The summed E-state index contributed by atoms with van der Waals surface area (Å²) in [5.74, 6) is -0.806. The minimum absolute atomic E-state index is 0.0228. The van der Waals surface area contributed by atoms with Gasteiger partial charge in [0.25, 0.3) is 0 Å². The molecule has 0 aliphatic rings. The second kappa shape index (κ2) is 16.3. The van der Waals surface area contributed by atoms with Crippen molar-refractivity contribution in [1.29, 1.82) is 10.5 Å². The fourth-order valence-corrected chi connectivity index (χ4v) is 7.14. The molecule has 0 spiro atoms. The summed E-state index contributed by atoms with van der Waals surface area (Å²) >= 11 is 0. The van der Waals surface area contributed by atoms with Crippen LogP contribution in [0.4, 0.5) is 20.3 Å². The van der Waals surface area contributed by atoms with Gasteiger partial charge in [-0.3, -0.25) is 4.79 Å². The lowest BCUT2D eigenvalue weighted by Gasteiger charge is -2.29. The molecule has 0 atom stereocenters. The normalized spacial score (nSPS) is 11.4. The summed E-state index contributed by atoms with van der Waals surface area (Å²) in [6.07, 6.45) is -0.360. The molecule has 58 heavy (non-hydrogen) atoms. The Kier molecular flexibility index (Phi) is 11.5. The molecule has 7 rings (SSSR count). The average Bonchev–Trinajstić information content (AvgIpc) is 3.73. The van der Waals surface area contributed by atoms with Crippen molar-refractivity contribution >= 4 is 61.2 Å². The van der Waals surface area contributed by atoms with Crippen LogP contribution in [0, 0.1) is 34.3 Å². The number of ether oxygens (including phenoxy) is 3. The zero-order valence-corrected chi connectivity index (χ0v) is 33.7. The highest BCUT2D eigenvalue weighted by molar-refractivity contribution is 6.11. The first-order valence-corrected chi connectivity index (χ1v) is 18.9. The Morgan fingerprint density at radius 1 is 0.741 bits per heavy atom. The van der Waals surface area contributed by atoms with Gasteiger partial charge >= 0.3 is 5.97 Å². The lowest BCUT2D eigenvalue weighted by atomic mass is 10.1. The summed E-state index contributed by atoms with van der Waals surface area (Å²) in [6, 6.07) is 21.8. The molecule has 0 aliphatic heterocycles. The molecule has 0 bridgehead atoms. The Labute approximate surface area is 334 Å². The number of nitrogens with one attached hydrogen (secondary N) is 2. The molecule has 298 valence electrons. The van der Waals surface area contributed by atoms with Crippen molar-refractivity contribution in [2.24, 2.45) is 0 Å². The number of benzene rings is 4. The molecule has 0 aliphatic carbocycles. The minimum atomic E-state index is -0.521. The van der Waals surface area contributed by atoms with Gasteiger partial charge in [-0.2, -0.15) is 10.5 Å². The van der Waals surface area contributed by atoms with Crippen LogP contribution < -0.4 is 19.8 Å². The average molecular weight is 787 g/mol. The number of halogens is 2. The van der Waals surface area contributed by atoms with E-state index in [9.17, 15) is 28.9 Å². The van der Waals surface area contributed by atoms with Gasteiger partial charge < -0.3 is 33.6 Å². The second-order valence-electron chi connectivity index (χ2n) is 14.9. The van der Waals surface area contributed by atoms with E-state index in [2.05, 4.69) is 22.1 Å². The van der Waals surface area contributed by atoms with Gasteiger partial charge in [-0.05, 0) is 97.9 Å². The van der Waals surface area contributed by atoms with Gasteiger partial charge in [0, 0.05) is 51.7 Å². The maximum Gasteiger partial charge on any atom is 0.342 e. The molecule has 0 amide bonds. The van der Waals surface area contributed by atoms with E-state index in [1.54, 1.807) is 48.5 Å². The number of H-pyrrole nitrogens is 2. The van der Waals surface area contributed by atoms with E-state index in [-0.39, 0.29) is 41.2 Å². The zero-order valence-electron chi connectivity index (χ0n) is 33.7. The highest BCUT2D eigenvalue weighted by atomic mass is 19.1. The highest BCUT2D eigenvalue weighted by Gasteiger charge is 2.27. The van der Waals surface area contributed by atoms with E-state index in [0.717, 1.165) is 5.39 Å². The van der Waals surface area contributed by atoms with Crippen molar-refractivity contribution in [3.63, 3.8) is 0 Å². The third-order valence-electron chi connectivity index (χ3n) is 9.42. The fourth-order valence-electron chi connectivity index (χ4n) is 7.14. The molecule has 3 heterocycles. The number of fused-ring (bicyclic) bond motifs is 5. The Morgan fingerprint density at radius 2 is 1.33 bits per heavy atom. The van der Waals surface area contributed by atoms with Crippen LogP contribution in [0.2, 0.25) is 0 Å². The lowest BCUT2D eigenvalue weighted by Crippen LogP contribution is -2.27. The molecule has 0 fully saturated rings. The van der Waals surface area contributed by atoms with Crippen LogP contribution in [0.25, 0.3) is 43.7 Å². The van der Waals surface area contributed by atoms with Crippen LogP contribution in [0.1, 0.15) is 82.9 Å². The third kappa shape index (κ3) is 7.63. The second-order valence-corrected chi connectivity index (χ2v) is 14.9. The van der Waals surface area contributed by atoms with Crippen molar-refractivity contribution in [1.82, 2.24) is 14.5 Å². The van der Waals surface area contributed by atoms with E-state index in [0.29, 0.717) is 66.6 Å². The molecule has 7 aromatic rings. The van der Waals surface area contributed by atoms with Crippen molar-refractivity contribution in [3.8, 4) is 23.6 Å². The van der Waals surface area contributed by atoms with E-state index in [4.69, 9.17) is 14.2 Å². The summed E-state index contributed by atoms with van der Waals surface area (Å²) in [4.78, 5) is 34.3. The first-order valence-electron chi connectivity index (χ1n) is 18.9. The largest absolute Gasteiger partial charge is 0.488 e. The summed E-state index contributed by atoms with van der Waals surface area (Å²) < 4.78 is 47.3. The van der Waals surface area contributed by atoms with Gasteiger partial charge in [0.2, 0.25) is 0 Å². The predicted molar refractivity (Wildman–Crippen MR) is 222 cm³/mol. The summed E-state index contributed by atoms with van der Waals surface area (Å²) in [6.45, 7) is 15.1. The molecule has 4 aromatic carbocycles. The van der Waals surface area contributed by atoms with E-state index in [1.165, 1.54) is 25.3 Å². The molecule has 0 radical (unpaired) electrons. The van der Waals surface area contributed by atoms with Gasteiger partial charge in [0.15, 0.2) is 28.6 Å². The number of methoxy groups -OCH3 is 1. The van der Waals surface area contributed by atoms with Crippen LogP contribution in [0.5, 0.6) is 11.5 Å². The maximum absolute atomic E-state index is 14.7. The Bertz CT molecular complexity index is 2860. The Balaban J connectivity index is 0.000000196. The quantitative estimate of drug-likeness (QED) is 0.137. The topological polar surface area (TPSA) is 149 Å². The van der Waals surface area contributed by atoms with Crippen LogP contribution in [-0.2, 0) is 4.74 Å². The van der Waals surface area contributed by atoms with Gasteiger partial charge in [-0.25, -0.2) is 13.6 Å². The Hall–Kier alpha value is -6.86. The number of carbonyl (C=O) groups is 1. The molecule has 2 N–H and O–H groups in total. The Morgan fingerprint density at radius 3 is 1.88 bits per heavy atom. The number of hydrogen-bond acceptors (Lipinski definition) is 8. The number of anilines is 2. The van der Waals surface area contributed by atoms with Crippen LogP contribution in [0.3, 0.4) is 0 Å².